The molecule has 5 rings (SSSR count). The molecule has 0 saturated carbocycles. The third-order valence-corrected chi connectivity index (χ3v) is 8.71. The summed E-state index contributed by atoms with van der Waals surface area (Å²) in [5, 5.41) is 5.84. The first-order chi connectivity index (χ1) is 13.7. The smallest absolute Gasteiger partial charge is 0.236 e. The van der Waals surface area contributed by atoms with Gasteiger partial charge >= 0.3 is 0 Å². The maximum Gasteiger partial charge on any atom is 0.236 e. The standard InChI is InChI=1S/C20H22N4OS3/c1-11-6-7-12-15(8-11)27-19-17(12)18(21-10-22-19)26-9-16(25)24-20-23-13-4-2-3-5-14(13)28-20/h10-11H,2-9H2,1H3,(H,23,24,25)/t11-/m1/s1. The zero-order chi connectivity index (χ0) is 19.1. The summed E-state index contributed by atoms with van der Waals surface area (Å²) in [4.78, 5) is 29.9. The quantitative estimate of drug-likeness (QED) is 0.472. The van der Waals surface area contributed by atoms with E-state index in [0.29, 0.717) is 5.75 Å². The molecule has 0 aromatic carbocycles. The summed E-state index contributed by atoms with van der Waals surface area (Å²) in [5.41, 5.74) is 2.59. The molecule has 146 valence electrons. The van der Waals surface area contributed by atoms with Gasteiger partial charge in [0, 0.05) is 15.1 Å². The molecule has 8 heteroatoms. The molecule has 28 heavy (non-hydrogen) atoms. The van der Waals surface area contributed by atoms with Crippen molar-refractivity contribution in [2.75, 3.05) is 11.1 Å². The molecule has 2 aliphatic rings. The highest BCUT2D eigenvalue weighted by Crippen LogP contribution is 2.40. The molecule has 5 nitrogen and oxygen atoms in total. The van der Waals surface area contributed by atoms with Gasteiger partial charge in [0.05, 0.1) is 11.4 Å². The van der Waals surface area contributed by atoms with Crippen molar-refractivity contribution in [1.82, 2.24) is 15.0 Å². The van der Waals surface area contributed by atoms with Crippen LogP contribution in [0, 0.1) is 5.92 Å². The molecule has 1 atom stereocenters. The van der Waals surface area contributed by atoms with Gasteiger partial charge in [-0.2, -0.15) is 0 Å². The highest BCUT2D eigenvalue weighted by Gasteiger charge is 2.23. The van der Waals surface area contributed by atoms with Gasteiger partial charge in [-0.1, -0.05) is 18.7 Å². The molecule has 3 heterocycles. The number of aryl methyl sites for hydroxylation is 3. The van der Waals surface area contributed by atoms with E-state index in [1.54, 1.807) is 29.0 Å². The van der Waals surface area contributed by atoms with Crippen LogP contribution in [0.15, 0.2) is 11.4 Å². The van der Waals surface area contributed by atoms with Crippen molar-refractivity contribution >= 4 is 55.7 Å². The second kappa shape index (κ2) is 7.72. The molecule has 2 aliphatic carbocycles. The van der Waals surface area contributed by atoms with E-state index in [0.717, 1.165) is 46.6 Å². The average molecular weight is 431 g/mol. The van der Waals surface area contributed by atoms with Crippen molar-refractivity contribution in [1.29, 1.82) is 0 Å². The van der Waals surface area contributed by atoms with Crippen molar-refractivity contribution in [3.8, 4) is 0 Å². The number of rotatable bonds is 4. The second-order valence-corrected chi connectivity index (χ2v) is 10.8. The molecule has 1 amide bonds. The Morgan fingerprint density at radius 1 is 1.21 bits per heavy atom. The summed E-state index contributed by atoms with van der Waals surface area (Å²) in [7, 11) is 0. The number of nitrogens with one attached hydrogen (secondary N) is 1. The predicted molar refractivity (Wildman–Crippen MR) is 117 cm³/mol. The van der Waals surface area contributed by atoms with Gasteiger partial charge in [0.25, 0.3) is 0 Å². The number of amides is 1. The van der Waals surface area contributed by atoms with E-state index in [1.807, 2.05) is 0 Å². The van der Waals surface area contributed by atoms with Gasteiger partial charge in [-0.15, -0.1) is 22.7 Å². The number of anilines is 1. The maximum absolute atomic E-state index is 12.5. The fourth-order valence-corrected chi connectivity index (χ4v) is 7.36. The van der Waals surface area contributed by atoms with Crippen LogP contribution in [0.25, 0.3) is 10.2 Å². The highest BCUT2D eigenvalue weighted by molar-refractivity contribution is 8.00. The lowest BCUT2D eigenvalue weighted by Crippen LogP contribution is -2.14. The van der Waals surface area contributed by atoms with Crippen LogP contribution in [0.3, 0.4) is 0 Å². The molecular weight excluding hydrogens is 408 g/mol. The van der Waals surface area contributed by atoms with Crippen LogP contribution in [0.2, 0.25) is 0 Å². The first kappa shape index (κ1) is 18.5. The summed E-state index contributed by atoms with van der Waals surface area (Å²) in [6.45, 7) is 2.31. The van der Waals surface area contributed by atoms with Crippen LogP contribution in [-0.2, 0) is 30.5 Å². The minimum Gasteiger partial charge on any atom is -0.301 e. The Hall–Kier alpha value is -1.51. The first-order valence-corrected chi connectivity index (χ1v) is 12.5. The maximum atomic E-state index is 12.5. The third-order valence-electron chi connectivity index (χ3n) is 5.49. The molecule has 0 bridgehead atoms. The Bertz CT molecular complexity index is 1020. The summed E-state index contributed by atoms with van der Waals surface area (Å²) in [5.74, 6) is 1.07. The molecule has 0 spiro atoms. The number of carbonyl (C=O) groups excluding carboxylic acids is 1. The second-order valence-electron chi connectivity index (χ2n) is 7.64. The van der Waals surface area contributed by atoms with Gasteiger partial charge < -0.3 is 5.32 Å². The van der Waals surface area contributed by atoms with Gasteiger partial charge in [-0.25, -0.2) is 15.0 Å². The largest absolute Gasteiger partial charge is 0.301 e. The van der Waals surface area contributed by atoms with Crippen LogP contribution in [-0.4, -0.2) is 26.6 Å². The molecule has 3 aromatic rings. The number of thioether (sulfide) groups is 1. The number of hydrogen-bond donors (Lipinski definition) is 1. The lowest BCUT2D eigenvalue weighted by molar-refractivity contribution is -0.113. The van der Waals surface area contributed by atoms with Crippen LogP contribution < -0.4 is 5.32 Å². The number of carbonyl (C=O) groups is 1. The third kappa shape index (κ3) is 3.57. The molecule has 0 aliphatic heterocycles. The topological polar surface area (TPSA) is 67.8 Å². The monoisotopic (exact) mass is 430 g/mol. The van der Waals surface area contributed by atoms with Crippen molar-refractivity contribution in [3.05, 3.63) is 27.3 Å². The van der Waals surface area contributed by atoms with E-state index in [-0.39, 0.29) is 5.91 Å². The Kier molecular flexibility index (Phi) is 5.11. The van der Waals surface area contributed by atoms with Crippen LogP contribution >= 0.6 is 34.4 Å². The van der Waals surface area contributed by atoms with Crippen LogP contribution in [0.4, 0.5) is 5.13 Å². The first-order valence-electron chi connectivity index (χ1n) is 9.84. The van der Waals surface area contributed by atoms with Gasteiger partial charge in [0.2, 0.25) is 5.91 Å². The van der Waals surface area contributed by atoms with Crippen molar-refractivity contribution < 1.29 is 4.79 Å². The van der Waals surface area contributed by atoms with Gasteiger partial charge in [-0.05, 0) is 56.4 Å². The predicted octanol–water partition coefficient (Wildman–Crippen LogP) is 4.88. The van der Waals surface area contributed by atoms with E-state index < -0.39 is 0 Å². The number of thiazole rings is 1. The Morgan fingerprint density at radius 2 is 2.11 bits per heavy atom. The fraction of sp³-hybridized carbons (Fsp3) is 0.500. The summed E-state index contributed by atoms with van der Waals surface area (Å²) in [6, 6.07) is 0. The molecule has 3 aromatic heterocycles. The highest BCUT2D eigenvalue weighted by atomic mass is 32.2. The van der Waals surface area contributed by atoms with E-state index in [4.69, 9.17) is 0 Å². The van der Waals surface area contributed by atoms with Crippen molar-refractivity contribution in [2.24, 2.45) is 5.92 Å². The Labute approximate surface area is 176 Å². The number of thiophene rings is 1. The lowest BCUT2D eigenvalue weighted by Gasteiger charge is -2.18. The van der Waals surface area contributed by atoms with Crippen LogP contribution in [0.5, 0.6) is 0 Å². The summed E-state index contributed by atoms with van der Waals surface area (Å²) < 4.78 is 0. The summed E-state index contributed by atoms with van der Waals surface area (Å²) >= 11 is 4.94. The Morgan fingerprint density at radius 3 is 3.00 bits per heavy atom. The van der Waals surface area contributed by atoms with E-state index >= 15 is 0 Å². The molecule has 0 saturated heterocycles. The SMILES string of the molecule is C[C@@H]1CCc2c(sc3ncnc(SCC(=O)Nc4nc5c(s4)CCCC5)c23)C1. The molecule has 0 fully saturated rings. The van der Waals surface area contributed by atoms with E-state index in [1.165, 1.54) is 57.4 Å². The van der Waals surface area contributed by atoms with E-state index in [2.05, 4.69) is 27.2 Å². The fourth-order valence-electron chi connectivity index (χ4n) is 4.05. The summed E-state index contributed by atoms with van der Waals surface area (Å²) in [6.07, 6.45) is 9.63. The minimum absolute atomic E-state index is 0.0134. The molecular formula is C20H22N4OS3. The van der Waals surface area contributed by atoms with E-state index in [9.17, 15) is 4.79 Å². The zero-order valence-electron chi connectivity index (χ0n) is 15.8. The number of aromatic nitrogens is 3. The number of fused-ring (bicyclic) bond motifs is 4. The minimum atomic E-state index is -0.0134. The average Bonchev–Trinajstić information content (AvgIpc) is 3.26. The van der Waals surface area contributed by atoms with Crippen molar-refractivity contribution in [2.45, 2.75) is 56.9 Å². The molecule has 0 radical (unpaired) electrons. The molecule has 0 unspecified atom stereocenters. The van der Waals surface area contributed by atoms with Crippen molar-refractivity contribution in [3.63, 3.8) is 0 Å². The van der Waals surface area contributed by atoms with Gasteiger partial charge in [-0.3, -0.25) is 4.79 Å². The molecule has 1 N–H and O–H groups in total. The Balaban J connectivity index is 1.30. The lowest BCUT2D eigenvalue weighted by atomic mass is 9.89. The number of hydrogen-bond acceptors (Lipinski definition) is 7. The zero-order valence-corrected chi connectivity index (χ0v) is 18.2. The van der Waals surface area contributed by atoms with Crippen LogP contribution in [0.1, 0.15) is 47.2 Å². The normalized spacial score (nSPS) is 18.7. The van der Waals surface area contributed by atoms with Gasteiger partial charge in [0.15, 0.2) is 5.13 Å². The number of nitrogens with zero attached hydrogens (tertiary/aromatic N) is 3. The van der Waals surface area contributed by atoms with Gasteiger partial charge in [0.1, 0.15) is 16.2 Å².